The second-order valence-electron chi connectivity index (χ2n) is 9.01. The number of urea groups is 1. The molecular weight excluding hydrogens is 492 g/mol. The Hall–Kier alpha value is -4.16. The minimum absolute atomic E-state index is 0.00736. The maximum absolute atomic E-state index is 12.9. The molecule has 0 aliphatic heterocycles. The number of nitrogens with two attached hydrogens (primary N) is 2. The lowest BCUT2D eigenvalue weighted by molar-refractivity contribution is -0.128. The van der Waals surface area contributed by atoms with Gasteiger partial charge in [-0.05, 0) is 54.2 Å². The number of benzene rings is 2. The maximum Gasteiger partial charge on any atom is 0.411 e. The first-order valence-electron chi connectivity index (χ1n) is 12.2. The minimum atomic E-state index is -0.875. The number of ether oxygens (including phenoxy) is 1. The molecule has 0 heterocycles. The molecule has 12 heteroatoms. The zero-order valence-corrected chi connectivity index (χ0v) is 21.5. The van der Waals surface area contributed by atoms with E-state index in [1.165, 1.54) is 0 Å². The smallest absolute Gasteiger partial charge is 0.411 e. The van der Waals surface area contributed by atoms with E-state index in [1.54, 1.807) is 62.4 Å². The van der Waals surface area contributed by atoms with E-state index in [0.717, 1.165) is 5.56 Å². The molecule has 2 atom stereocenters. The van der Waals surface area contributed by atoms with E-state index in [0.29, 0.717) is 23.4 Å². The van der Waals surface area contributed by atoms with Crippen LogP contribution in [-0.2, 0) is 27.5 Å². The van der Waals surface area contributed by atoms with Crippen molar-refractivity contribution in [2.75, 3.05) is 17.2 Å². The number of nitrogens with one attached hydrogen (secondary N) is 4. The molecule has 0 unspecified atom stereocenters. The van der Waals surface area contributed by atoms with Crippen LogP contribution in [0.3, 0.4) is 0 Å². The maximum atomic E-state index is 12.9. The molecule has 5 amide bonds. The zero-order chi connectivity index (χ0) is 28.1. The lowest BCUT2D eigenvalue weighted by Gasteiger charge is -2.22. The molecule has 0 saturated carbocycles. The van der Waals surface area contributed by atoms with Crippen LogP contribution in [-0.4, -0.2) is 47.7 Å². The summed E-state index contributed by atoms with van der Waals surface area (Å²) in [5.41, 5.74) is 13.4. The van der Waals surface area contributed by atoms with E-state index in [2.05, 4.69) is 21.3 Å². The van der Waals surface area contributed by atoms with Gasteiger partial charge in [0.2, 0.25) is 11.8 Å². The summed E-state index contributed by atoms with van der Waals surface area (Å²) >= 11 is 0. The summed E-state index contributed by atoms with van der Waals surface area (Å²) in [6, 6.07) is 11.1. The van der Waals surface area contributed by atoms with Gasteiger partial charge in [-0.15, -0.1) is 0 Å². The second kappa shape index (κ2) is 15.2. The number of carbonyl (C=O) groups excluding carboxylic acids is 4. The average molecular weight is 529 g/mol. The highest BCUT2D eigenvalue weighted by molar-refractivity contribution is 5.97. The van der Waals surface area contributed by atoms with Gasteiger partial charge < -0.3 is 37.3 Å². The fourth-order valence-corrected chi connectivity index (χ4v) is 3.27. The molecule has 0 saturated heterocycles. The SMILES string of the molecule is CC(C)[C@H](N)C(=O)N[C@@H](CCCNC(N)=O)C(=O)Nc1ccc(COC(=O)Nc2ccc(CO)cc2)cc1. The molecule has 2 aromatic rings. The van der Waals surface area contributed by atoms with Gasteiger partial charge >= 0.3 is 12.1 Å². The number of aliphatic hydroxyl groups is 1. The van der Waals surface area contributed by atoms with Crippen LogP contribution in [0.25, 0.3) is 0 Å². The molecule has 0 radical (unpaired) electrons. The molecule has 38 heavy (non-hydrogen) atoms. The van der Waals surface area contributed by atoms with Gasteiger partial charge in [0.05, 0.1) is 12.6 Å². The fourth-order valence-electron chi connectivity index (χ4n) is 3.27. The Labute approximate surface area is 221 Å². The molecule has 12 nitrogen and oxygen atoms in total. The van der Waals surface area contributed by atoms with Crippen LogP contribution in [0.5, 0.6) is 0 Å². The summed E-state index contributed by atoms with van der Waals surface area (Å²) in [5, 5.41) is 19.6. The molecule has 0 fully saturated rings. The predicted molar refractivity (Wildman–Crippen MR) is 143 cm³/mol. The molecule has 206 valence electrons. The van der Waals surface area contributed by atoms with Gasteiger partial charge in [-0.3, -0.25) is 14.9 Å². The van der Waals surface area contributed by atoms with Crippen LogP contribution in [0, 0.1) is 5.92 Å². The Bertz CT molecular complexity index is 1070. The molecular formula is C26H36N6O6. The van der Waals surface area contributed by atoms with Gasteiger partial charge in [-0.1, -0.05) is 38.1 Å². The number of primary amides is 1. The van der Waals surface area contributed by atoms with Gasteiger partial charge in [0.15, 0.2) is 0 Å². The molecule has 0 bridgehead atoms. The fraction of sp³-hybridized carbons (Fsp3) is 0.385. The van der Waals surface area contributed by atoms with E-state index in [-0.39, 0.29) is 32.1 Å². The molecule has 2 aromatic carbocycles. The van der Waals surface area contributed by atoms with Gasteiger partial charge in [-0.2, -0.15) is 0 Å². The number of hydrogen-bond acceptors (Lipinski definition) is 7. The number of rotatable bonds is 13. The van der Waals surface area contributed by atoms with Crippen molar-refractivity contribution in [1.82, 2.24) is 10.6 Å². The van der Waals surface area contributed by atoms with Crippen LogP contribution < -0.4 is 32.7 Å². The lowest BCUT2D eigenvalue weighted by atomic mass is 10.0. The van der Waals surface area contributed by atoms with Crippen LogP contribution in [0.15, 0.2) is 48.5 Å². The third-order valence-electron chi connectivity index (χ3n) is 5.60. The number of hydrogen-bond donors (Lipinski definition) is 7. The number of anilines is 2. The van der Waals surface area contributed by atoms with Crippen molar-refractivity contribution in [2.45, 2.75) is 52.0 Å². The Morgan fingerprint density at radius 3 is 2.03 bits per heavy atom. The summed E-state index contributed by atoms with van der Waals surface area (Å²) < 4.78 is 5.22. The van der Waals surface area contributed by atoms with Gasteiger partial charge in [0.1, 0.15) is 12.6 Å². The highest BCUT2D eigenvalue weighted by Gasteiger charge is 2.25. The molecule has 0 spiro atoms. The Kier molecular flexibility index (Phi) is 12.0. The van der Waals surface area contributed by atoms with Crippen LogP contribution >= 0.6 is 0 Å². The minimum Gasteiger partial charge on any atom is -0.444 e. The number of aliphatic hydroxyl groups excluding tert-OH is 1. The van der Waals surface area contributed by atoms with Gasteiger partial charge in [0, 0.05) is 17.9 Å². The van der Waals surface area contributed by atoms with E-state index in [9.17, 15) is 19.2 Å². The Balaban J connectivity index is 1.91. The highest BCUT2D eigenvalue weighted by Crippen LogP contribution is 2.14. The quantitative estimate of drug-likeness (QED) is 0.192. The highest BCUT2D eigenvalue weighted by atomic mass is 16.5. The van der Waals surface area contributed by atoms with Crippen molar-refractivity contribution in [3.63, 3.8) is 0 Å². The first-order valence-corrected chi connectivity index (χ1v) is 12.2. The zero-order valence-electron chi connectivity index (χ0n) is 21.5. The van der Waals surface area contributed by atoms with Crippen molar-refractivity contribution in [2.24, 2.45) is 17.4 Å². The molecule has 0 aromatic heterocycles. The van der Waals surface area contributed by atoms with Gasteiger partial charge in [0.25, 0.3) is 0 Å². The van der Waals surface area contributed by atoms with Crippen LogP contribution in [0.4, 0.5) is 21.0 Å². The van der Waals surface area contributed by atoms with E-state index >= 15 is 0 Å². The van der Waals surface area contributed by atoms with E-state index < -0.39 is 36.0 Å². The summed E-state index contributed by atoms with van der Waals surface area (Å²) in [4.78, 5) is 48.3. The van der Waals surface area contributed by atoms with Crippen LogP contribution in [0.1, 0.15) is 37.8 Å². The summed E-state index contributed by atoms with van der Waals surface area (Å²) in [6.07, 6.45) is 0.0253. The second-order valence-corrected chi connectivity index (χ2v) is 9.01. The van der Waals surface area contributed by atoms with Crippen molar-refractivity contribution in [3.8, 4) is 0 Å². The third-order valence-corrected chi connectivity index (χ3v) is 5.60. The van der Waals surface area contributed by atoms with E-state index in [1.807, 2.05) is 0 Å². The topological polar surface area (TPSA) is 198 Å². The molecule has 0 aliphatic rings. The largest absolute Gasteiger partial charge is 0.444 e. The van der Waals surface area contributed by atoms with Crippen molar-refractivity contribution >= 4 is 35.3 Å². The summed E-state index contributed by atoms with van der Waals surface area (Å²) in [5.74, 6) is -0.999. The van der Waals surface area contributed by atoms with Gasteiger partial charge in [-0.25, -0.2) is 9.59 Å². The number of carbonyl (C=O) groups is 4. The average Bonchev–Trinajstić information content (AvgIpc) is 2.89. The molecule has 0 aliphatic carbocycles. The van der Waals surface area contributed by atoms with Crippen molar-refractivity contribution in [3.05, 3.63) is 59.7 Å². The predicted octanol–water partition coefficient (Wildman–Crippen LogP) is 1.78. The summed E-state index contributed by atoms with van der Waals surface area (Å²) in [7, 11) is 0. The summed E-state index contributed by atoms with van der Waals surface area (Å²) in [6.45, 7) is 3.78. The molecule has 2 rings (SSSR count). The standard InChI is InChI=1S/C26H36N6O6/c1-16(2)22(27)24(35)32-21(4-3-13-29-25(28)36)23(34)30-19-11-7-18(8-12-19)15-38-26(37)31-20-9-5-17(14-33)6-10-20/h5-12,16,21-22,33H,3-4,13-15,27H2,1-2H3,(H,30,34)(H,31,37)(H,32,35)(H3,28,29,36)/t21-,22-/m0/s1. The monoisotopic (exact) mass is 528 g/mol. The normalized spacial score (nSPS) is 12.2. The van der Waals surface area contributed by atoms with E-state index in [4.69, 9.17) is 21.3 Å². The Morgan fingerprint density at radius 1 is 0.895 bits per heavy atom. The molecule has 9 N–H and O–H groups in total. The Morgan fingerprint density at radius 2 is 1.47 bits per heavy atom. The van der Waals surface area contributed by atoms with Crippen molar-refractivity contribution in [1.29, 1.82) is 0 Å². The number of amides is 5. The third kappa shape index (κ3) is 10.4. The lowest BCUT2D eigenvalue weighted by Crippen LogP contribution is -2.51. The first kappa shape index (κ1) is 30.1. The first-order chi connectivity index (χ1) is 18.1. The van der Waals surface area contributed by atoms with Crippen molar-refractivity contribution < 1.29 is 29.0 Å². The van der Waals surface area contributed by atoms with Crippen LogP contribution in [0.2, 0.25) is 0 Å².